The van der Waals surface area contributed by atoms with Crippen molar-refractivity contribution in [3.63, 3.8) is 0 Å². The van der Waals surface area contributed by atoms with E-state index in [-0.39, 0.29) is 53.4 Å². The van der Waals surface area contributed by atoms with Crippen molar-refractivity contribution in [2.24, 2.45) is 23.7 Å². The Morgan fingerprint density at radius 1 is 1.00 bits per heavy atom. The monoisotopic (exact) mass is 835 g/mol. The van der Waals surface area contributed by atoms with Crippen LogP contribution < -0.4 is 15.1 Å². The van der Waals surface area contributed by atoms with E-state index in [0.717, 1.165) is 11.0 Å². The maximum Gasteiger partial charge on any atom is 0.417 e. The molecule has 3 fully saturated rings. The van der Waals surface area contributed by atoms with Crippen LogP contribution in [0.4, 0.5) is 30.4 Å². The molecule has 2 aliphatic heterocycles. The summed E-state index contributed by atoms with van der Waals surface area (Å²) < 4.78 is 46.3. The molecule has 2 aliphatic carbocycles. The molecule has 0 bridgehead atoms. The number of alkyl halides is 3. The number of allylic oxidation sites excluding steroid dienone is 2. The van der Waals surface area contributed by atoms with Crippen molar-refractivity contribution < 1.29 is 47.1 Å². The lowest BCUT2D eigenvalue weighted by Gasteiger charge is -2.50. The first-order valence-electron chi connectivity index (χ1n) is 18.0. The quantitative estimate of drug-likeness (QED) is 0.0779. The van der Waals surface area contributed by atoms with E-state index in [4.69, 9.17) is 27.9 Å². The number of hydrogen-bond donors (Lipinski definition) is 2. The number of para-hydroxylation sites is 1. The molecular weight excluding hydrogens is 806 g/mol. The Morgan fingerprint density at radius 3 is 2.40 bits per heavy atom. The van der Waals surface area contributed by atoms with E-state index >= 15 is 4.79 Å². The van der Waals surface area contributed by atoms with Gasteiger partial charge in [0.2, 0.25) is 11.8 Å². The van der Waals surface area contributed by atoms with Gasteiger partial charge in [-0.25, -0.2) is 9.88 Å². The number of non-ortho nitro benzene ring substituents is 1. The van der Waals surface area contributed by atoms with E-state index in [1.54, 1.807) is 37.3 Å². The molecule has 4 amide bonds. The van der Waals surface area contributed by atoms with Crippen LogP contribution in [0.15, 0.2) is 90.6 Å². The molecule has 2 N–H and O–H groups in total. The summed E-state index contributed by atoms with van der Waals surface area (Å²) in [5, 5.41) is 23.9. The van der Waals surface area contributed by atoms with Crippen molar-refractivity contribution in [1.82, 2.24) is 9.99 Å². The van der Waals surface area contributed by atoms with E-state index in [1.165, 1.54) is 36.4 Å². The number of amides is 4. The number of hydrogen-bond acceptors (Lipinski definition) is 10. The number of fused-ring (bicyclic) bond motifs is 4. The third-order valence-electron chi connectivity index (χ3n) is 11.5. The number of nitro groups is 1. The van der Waals surface area contributed by atoms with Crippen LogP contribution in [0.2, 0.25) is 10.0 Å². The van der Waals surface area contributed by atoms with Gasteiger partial charge >= 0.3 is 6.18 Å². The molecule has 2 saturated heterocycles. The molecule has 6 atom stereocenters. The molecule has 298 valence electrons. The summed E-state index contributed by atoms with van der Waals surface area (Å²) in [7, 11) is 0. The molecule has 1 saturated carbocycles. The Morgan fingerprint density at radius 2 is 1.72 bits per heavy atom. The SMILES string of the molecule is CCOc1cccc([C@H]2C3=CC[C@@H]4C(=O)N(c5cccc([N+](=O)[O-])c5)C(=O)[C@@H]4[C@@H]3C[C@H]3C(=O)N(Nc4ncc(C(F)(F)F)cc4Cl)C(=O)[C@@]23c2ccc(Cl)cc2)c1O. The molecule has 58 heavy (non-hydrogen) atoms. The topological polar surface area (TPSA) is 172 Å². The van der Waals surface area contributed by atoms with Crippen molar-refractivity contribution in [3.05, 3.63) is 127 Å². The molecule has 4 aromatic rings. The van der Waals surface area contributed by atoms with Crippen molar-refractivity contribution >= 4 is 64.0 Å². The highest BCUT2D eigenvalue weighted by Crippen LogP contribution is 2.65. The molecule has 0 radical (unpaired) electrons. The maximum absolute atomic E-state index is 15.4. The van der Waals surface area contributed by atoms with E-state index in [2.05, 4.69) is 10.4 Å². The van der Waals surface area contributed by atoms with E-state index < -0.39 is 86.1 Å². The fourth-order valence-electron chi connectivity index (χ4n) is 9.17. The van der Waals surface area contributed by atoms with Gasteiger partial charge < -0.3 is 9.84 Å². The number of rotatable bonds is 8. The number of anilines is 2. The van der Waals surface area contributed by atoms with Crippen molar-refractivity contribution in [2.75, 3.05) is 16.9 Å². The first-order chi connectivity index (χ1) is 27.6. The average molecular weight is 837 g/mol. The summed E-state index contributed by atoms with van der Waals surface area (Å²) in [5.74, 6) is -9.18. The van der Waals surface area contributed by atoms with Crippen LogP contribution in [0.3, 0.4) is 0 Å². The number of aromatic nitrogens is 1. The lowest BCUT2D eigenvalue weighted by molar-refractivity contribution is -0.384. The number of nitrogens with zero attached hydrogens (tertiary/aromatic N) is 4. The van der Waals surface area contributed by atoms with Gasteiger partial charge in [-0.3, -0.25) is 34.7 Å². The summed E-state index contributed by atoms with van der Waals surface area (Å²) >= 11 is 12.6. The lowest BCUT2D eigenvalue weighted by Crippen LogP contribution is -2.53. The number of halogens is 5. The number of ether oxygens (including phenoxy) is 1. The van der Waals surface area contributed by atoms with Gasteiger partial charge in [0.05, 0.1) is 51.0 Å². The van der Waals surface area contributed by atoms with Crippen LogP contribution in [0.1, 0.15) is 42.4 Å². The zero-order valence-electron chi connectivity index (χ0n) is 30.1. The largest absolute Gasteiger partial charge is 0.504 e. The van der Waals surface area contributed by atoms with Gasteiger partial charge in [-0.05, 0) is 61.6 Å². The molecule has 3 aromatic carbocycles. The number of carbonyl (C=O) groups excluding carboxylic acids is 4. The minimum atomic E-state index is -4.79. The van der Waals surface area contributed by atoms with Crippen LogP contribution in [-0.2, 0) is 30.8 Å². The highest BCUT2D eigenvalue weighted by Gasteiger charge is 2.71. The smallest absolute Gasteiger partial charge is 0.417 e. The molecule has 18 heteroatoms. The normalized spacial score (nSPS) is 25.3. The summed E-state index contributed by atoms with van der Waals surface area (Å²) in [6.07, 6.45) is -2.74. The molecular formula is C40H30Cl2F3N5O8. The number of pyridine rings is 1. The summed E-state index contributed by atoms with van der Waals surface area (Å²) in [5.41, 5.74) is 0.0466. The first-order valence-corrected chi connectivity index (χ1v) is 18.8. The minimum absolute atomic E-state index is 0.00542. The summed E-state index contributed by atoms with van der Waals surface area (Å²) in [6, 6.07) is 16.5. The van der Waals surface area contributed by atoms with Crippen LogP contribution in [0.25, 0.3) is 0 Å². The van der Waals surface area contributed by atoms with Crippen LogP contribution in [0, 0.1) is 33.8 Å². The number of nitro benzene ring substituents is 1. The van der Waals surface area contributed by atoms with Crippen molar-refractivity contribution in [3.8, 4) is 11.5 Å². The molecule has 8 rings (SSSR count). The number of imide groups is 2. The molecule has 13 nitrogen and oxygen atoms in total. The second kappa shape index (κ2) is 14.1. The number of phenolic OH excluding ortho intramolecular Hbond substituents is 1. The highest BCUT2D eigenvalue weighted by molar-refractivity contribution is 6.33. The second-order valence-corrected chi connectivity index (χ2v) is 15.2. The first kappa shape index (κ1) is 38.9. The van der Waals surface area contributed by atoms with Gasteiger partial charge in [-0.15, -0.1) is 0 Å². The molecule has 0 spiro atoms. The van der Waals surface area contributed by atoms with E-state index in [1.807, 2.05) is 0 Å². The van der Waals surface area contributed by atoms with Crippen LogP contribution in [-0.4, -0.2) is 50.3 Å². The summed E-state index contributed by atoms with van der Waals surface area (Å²) in [4.78, 5) is 74.6. The number of aromatic hydroxyl groups is 1. The van der Waals surface area contributed by atoms with Crippen molar-refractivity contribution in [2.45, 2.75) is 37.3 Å². The Bertz CT molecular complexity index is 2470. The molecule has 3 heterocycles. The van der Waals surface area contributed by atoms with Gasteiger partial charge in [0.1, 0.15) is 0 Å². The third kappa shape index (κ3) is 5.87. The molecule has 0 unspecified atom stereocenters. The van der Waals surface area contributed by atoms with Gasteiger partial charge in [0, 0.05) is 34.8 Å². The Hall–Kier alpha value is -6.00. The predicted octanol–water partition coefficient (Wildman–Crippen LogP) is 7.61. The highest BCUT2D eigenvalue weighted by atomic mass is 35.5. The zero-order valence-corrected chi connectivity index (χ0v) is 31.6. The number of carbonyl (C=O) groups is 4. The minimum Gasteiger partial charge on any atom is -0.504 e. The number of benzene rings is 3. The fourth-order valence-corrected chi connectivity index (χ4v) is 9.51. The lowest BCUT2D eigenvalue weighted by atomic mass is 9.49. The number of phenols is 1. The van der Waals surface area contributed by atoms with Crippen molar-refractivity contribution in [1.29, 1.82) is 0 Å². The van der Waals surface area contributed by atoms with Gasteiger partial charge in [0.15, 0.2) is 17.3 Å². The molecule has 4 aliphatic rings. The van der Waals surface area contributed by atoms with Crippen LogP contribution >= 0.6 is 23.2 Å². The Labute approximate surface area is 337 Å². The number of hydrazine groups is 1. The summed E-state index contributed by atoms with van der Waals surface area (Å²) in [6.45, 7) is 1.86. The van der Waals surface area contributed by atoms with Crippen LogP contribution in [0.5, 0.6) is 11.5 Å². The average Bonchev–Trinajstić information content (AvgIpc) is 3.57. The molecule has 1 aromatic heterocycles. The van der Waals surface area contributed by atoms with Gasteiger partial charge in [0.25, 0.3) is 17.5 Å². The fraction of sp³-hybridized carbons (Fsp3) is 0.275. The number of nitrogens with one attached hydrogen (secondary N) is 1. The Balaban J connectivity index is 1.32. The second-order valence-electron chi connectivity index (χ2n) is 14.3. The zero-order chi connectivity index (χ0) is 41.4. The van der Waals surface area contributed by atoms with Gasteiger partial charge in [-0.2, -0.15) is 18.2 Å². The van der Waals surface area contributed by atoms with E-state index in [9.17, 15) is 42.8 Å². The standard InChI is InChI=1S/C40H30Cl2F3N5O8/c1-2-58-30-8-4-7-26(33(30)51)32-24-13-14-25-31(37(54)48(35(25)52)22-5-3-6-23(16-22)50(56)57)27(24)17-28-36(53)49(38(55)39(28,32)19-9-11-21(41)12-10-19)47-34-29(42)15-20(18-46-34)40(43,44)45/h3-13,15-16,18,25,27-28,31-32,51H,2,14,17H2,1H3,(H,46,47)/t25-,27+,28-,31-,32+,39+/m0/s1. The third-order valence-corrected chi connectivity index (χ3v) is 12.0. The maximum atomic E-state index is 15.4. The Kier molecular flexibility index (Phi) is 9.46. The predicted molar refractivity (Wildman–Crippen MR) is 202 cm³/mol. The van der Waals surface area contributed by atoms with Gasteiger partial charge in [-0.1, -0.05) is 65.2 Å². The van der Waals surface area contributed by atoms with E-state index in [0.29, 0.717) is 27.9 Å².